The lowest BCUT2D eigenvalue weighted by molar-refractivity contribution is -0.682. The Labute approximate surface area is 126 Å². The summed E-state index contributed by atoms with van der Waals surface area (Å²) in [5.74, 6) is 0. The number of aryl methyl sites for hydroxylation is 2. The summed E-state index contributed by atoms with van der Waals surface area (Å²) in [7, 11) is 0. The molecule has 1 aromatic heterocycles. The Morgan fingerprint density at radius 2 is 1.52 bits per heavy atom. The van der Waals surface area contributed by atoms with Crippen LogP contribution in [0.1, 0.15) is 12.5 Å². The third-order valence-corrected chi connectivity index (χ3v) is 3.90. The van der Waals surface area contributed by atoms with Crippen LogP contribution in [0.4, 0.5) is 0 Å². The minimum absolute atomic E-state index is 0.971. The van der Waals surface area contributed by atoms with E-state index >= 15 is 0 Å². The number of benzene rings is 2. The first-order valence-electron chi connectivity index (χ1n) is 7.44. The Morgan fingerprint density at radius 1 is 0.810 bits per heavy atom. The molecular weight excluding hydrogens is 254 g/mol. The van der Waals surface area contributed by atoms with Crippen LogP contribution < -0.4 is 4.57 Å². The largest absolute Gasteiger partial charge is 0.213 e. The van der Waals surface area contributed by atoms with Crippen LogP contribution in [-0.4, -0.2) is 0 Å². The third kappa shape index (κ3) is 2.73. The van der Waals surface area contributed by atoms with Gasteiger partial charge in [0.15, 0.2) is 6.20 Å². The van der Waals surface area contributed by atoms with Crippen LogP contribution >= 0.6 is 0 Å². The molecule has 0 spiro atoms. The molecule has 0 amide bonds. The molecule has 2 aromatic carbocycles. The number of rotatable bonds is 3. The fourth-order valence-corrected chi connectivity index (χ4v) is 2.71. The second-order valence-corrected chi connectivity index (χ2v) is 5.27. The number of hydrogen-bond acceptors (Lipinski definition) is 0. The maximum atomic E-state index is 2.30. The number of nitrogens with zero attached hydrogens (tertiary/aromatic N) is 1. The van der Waals surface area contributed by atoms with E-state index in [-0.39, 0.29) is 0 Å². The molecule has 0 bridgehead atoms. The molecular formula is C20H20N+. The Morgan fingerprint density at radius 3 is 2.24 bits per heavy atom. The van der Waals surface area contributed by atoms with E-state index in [9.17, 15) is 0 Å². The van der Waals surface area contributed by atoms with Crippen molar-refractivity contribution in [1.29, 1.82) is 0 Å². The Bertz CT molecular complexity index is 745. The molecule has 0 aliphatic rings. The van der Waals surface area contributed by atoms with Gasteiger partial charge in [-0.3, -0.25) is 0 Å². The van der Waals surface area contributed by atoms with Gasteiger partial charge in [-0.2, -0.15) is 4.57 Å². The second kappa shape index (κ2) is 5.92. The molecule has 0 atom stereocenters. The summed E-state index contributed by atoms with van der Waals surface area (Å²) in [6.07, 6.45) is 2.18. The van der Waals surface area contributed by atoms with Crippen molar-refractivity contribution in [3.05, 3.63) is 78.5 Å². The van der Waals surface area contributed by atoms with Crippen molar-refractivity contribution in [3.63, 3.8) is 0 Å². The first kappa shape index (κ1) is 13.6. The third-order valence-electron chi connectivity index (χ3n) is 3.90. The maximum absolute atomic E-state index is 2.30. The molecule has 0 fully saturated rings. The van der Waals surface area contributed by atoms with Gasteiger partial charge in [0.25, 0.3) is 0 Å². The highest BCUT2D eigenvalue weighted by Crippen LogP contribution is 2.25. The van der Waals surface area contributed by atoms with Gasteiger partial charge in [0.1, 0.15) is 6.54 Å². The predicted octanol–water partition coefficient (Wildman–Crippen LogP) is 4.64. The molecule has 3 rings (SSSR count). The zero-order valence-electron chi connectivity index (χ0n) is 12.6. The zero-order chi connectivity index (χ0) is 14.7. The molecule has 0 aliphatic heterocycles. The van der Waals surface area contributed by atoms with E-state index in [1.54, 1.807) is 0 Å². The summed E-state index contributed by atoms with van der Waals surface area (Å²) >= 11 is 0. The van der Waals surface area contributed by atoms with E-state index in [2.05, 4.69) is 91.3 Å². The summed E-state index contributed by atoms with van der Waals surface area (Å²) in [5, 5.41) is 0. The zero-order valence-corrected chi connectivity index (χ0v) is 12.6. The molecule has 0 N–H and O–H groups in total. The number of aromatic nitrogens is 1. The van der Waals surface area contributed by atoms with Crippen molar-refractivity contribution in [2.45, 2.75) is 20.4 Å². The predicted molar refractivity (Wildman–Crippen MR) is 87.9 cm³/mol. The molecule has 1 nitrogen and oxygen atoms in total. The maximum Gasteiger partial charge on any atom is 0.213 e. The van der Waals surface area contributed by atoms with Crippen LogP contribution in [0.25, 0.3) is 22.4 Å². The normalized spacial score (nSPS) is 10.6. The van der Waals surface area contributed by atoms with Gasteiger partial charge in [-0.1, -0.05) is 48.5 Å². The molecule has 104 valence electrons. The molecule has 0 saturated heterocycles. The van der Waals surface area contributed by atoms with Crippen molar-refractivity contribution in [2.24, 2.45) is 0 Å². The van der Waals surface area contributed by atoms with Gasteiger partial charge in [-0.05, 0) is 36.6 Å². The van der Waals surface area contributed by atoms with Crippen molar-refractivity contribution in [2.75, 3.05) is 0 Å². The molecule has 21 heavy (non-hydrogen) atoms. The highest BCUT2D eigenvalue weighted by molar-refractivity contribution is 5.70. The molecule has 1 heterocycles. The van der Waals surface area contributed by atoms with Crippen LogP contribution in [0, 0.1) is 6.92 Å². The Balaban J connectivity index is 2.17. The lowest BCUT2D eigenvalue weighted by Crippen LogP contribution is -2.34. The van der Waals surface area contributed by atoms with Gasteiger partial charge < -0.3 is 0 Å². The number of pyridine rings is 1. The molecule has 0 aliphatic carbocycles. The smallest absolute Gasteiger partial charge is 0.199 e. The standard InChI is InChI=1S/C20H20N/c1-3-21-14-13-18(17-10-5-4-6-11-17)15-20(21)19-12-8-7-9-16(19)2/h4-15H,3H2,1-2H3/q+1. The van der Waals surface area contributed by atoms with E-state index in [0.29, 0.717) is 0 Å². The van der Waals surface area contributed by atoms with Gasteiger partial charge in [-0.25, -0.2) is 0 Å². The first-order chi connectivity index (χ1) is 10.3. The Kier molecular flexibility index (Phi) is 3.83. The lowest BCUT2D eigenvalue weighted by atomic mass is 10.0. The van der Waals surface area contributed by atoms with Gasteiger partial charge >= 0.3 is 0 Å². The van der Waals surface area contributed by atoms with Crippen LogP contribution in [0.2, 0.25) is 0 Å². The van der Waals surface area contributed by atoms with Crippen molar-refractivity contribution in [1.82, 2.24) is 0 Å². The van der Waals surface area contributed by atoms with Gasteiger partial charge in [-0.15, -0.1) is 0 Å². The summed E-state index contributed by atoms with van der Waals surface area (Å²) in [5.41, 5.74) is 6.41. The van der Waals surface area contributed by atoms with E-state index in [0.717, 1.165) is 6.54 Å². The summed E-state index contributed by atoms with van der Waals surface area (Å²) in [4.78, 5) is 0. The molecule has 3 aromatic rings. The quantitative estimate of drug-likeness (QED) is 0.613. The van der Waals surface area contributed by atoms with Gasteiger partial charge in [0.05, 0.1) is 0 Å². The fraction of sp³-hybridized carbons (Fsp3) is 0.150. The Hall–Kier alpha value is -2.41. The molecule has 0 saturated carbocycles. The highest BCUT2D eigenvalue weighted by atomic mass is 14.9. The van der Waals surface area contributed by atoms with Crippen molar-refractivity contribution >= 4 is 0 Å². The van der Waals surface area contributed by atoms with Gasteiger partial charge in [0, 0.05) is 17.7 Å². The highest BCUT2D eigenvalue weighted by Gasteiger charge is 2.15. The van der Waals surface area contributed by atoms with E-state index in [1.807, 2.05) is 0 Å². The second-order valence-electron chi connectivity index (χ2n) is 5.27. The summed E-state index contributed by atoms with van der Waals surface area (Å²) in [6, 6.07) is 23.6. The molecule has 0 radical (unpaired) electrons. The average molecular weight is 274 g/mol. The lowest BCUT2D eigenvalue weighted by Gasteiger charge is -2.08. The van der Waals surface area contributed by atoms with Crippen molar-refractivity contribution < 1.29 is 4.57 Å². The summed E-state index contributed by atoms with van der Waals surface area (Å²) in [6.45, 7) is 5.33. The van der Waals surface area contributed by atoms with Crippen LogP contribution in [0.3, 0.4) is 0 Å². The van der Waals surface area contributed by atoms with E-state index in [1.165, 1.54) is 27.9 Å². The molecule has 0 unspecified atom stereocenters. The molecule has 1 heteroatoms. The minimum atomic E-state index is 0.971. The van der Waals surface area contributed by atoms with E-state index in [4.69, 9.17) is 0 Å². The minimum Gasteiger partial charge on any atom is -0.199 e. The van der Waals surface area contributed by atoms with Crippen molar-refractivity contribution in [3.8, 4) is 22.4 Å². The topological polar surface area (TPSA) is 3.88 Å². The monoisotopic (exact) mass is 274 g/mol. The van der Waals surface area contributed by atoms with E-state index < -0.39 is 0 Å². The first-order valence-corrected chi connectivity index (χ1v) is 7.44. The SMILES string of the molecule is CC[n+]1ccc(-c2ccccc2)cc1-c1ccccc1C. The van der Waals surface area contributed by atoms with Crippen LogP contribution in [-0.2, 0) is 6.54 Å². The fourth-order valence-electron chi connectivity index (χ4n) is 2.71. The number of hydrogen-bond donors (Lipinski definition) is 0. The van der Waals surface area contributed by atoms with Crippen LogP contribution in [0.15, 0.2) is 72.9 Å². The van der Waals surface area contributed by atoms with Crippen LogP contribution in [0.5, 0.6) is 0 Å². The average Bonchev–Trinajstić information content (AvgIpc) is 2.55. The van der Waals surface area contributed by atoms with Gasteiger partial charge in [0.2, 0.25) is 5.69 Å². The summed E-state index contributed by atoms with van der Waals surface area (Å²) < 4.78 is 2.30.